The summed E-state index contributed by atoms with van der Waals surface area (Å²) in [6.45, 7) is 28.5. The highest BCUT2D eigenvalue weighted by Crippen LogP contribution is 2.53. The molecule has 0 spiro atoms. The van der Waals surface area contributed by atoms with Crippen LogP contribution < -0.4 is 25.5 Å². The third kappa shape index (κ3) is 5.95. The molecule has 1 aliphatic carbocycles. The summed E-state index contributed by atoms with van der Waals surface area (Å²) in [6.07, 6.45) is 2.35. The molecule has 0 radical (unpaired) electrons. The molecule has 60 heavy (non-hydrogen) atoms. The van der Waals surface area contributed by atoms with Crippen LogP contribution in [0.25, 0.3) is 21.2 Å². The van der Waals surface area contributed by atoms with E-state index in [1.807, 2.05) is 11.3 Å². The van der Waals surface area contributed by atoms with Crippen molar-refractivity contribution >= 4 is 78.0 Å². The quantitative estimate of drug-likeness (QED) is 0.164. The first-order chi connectivity index (χ1) is 28.3. The molecule has 1 aromatic heterocycles. The number of fused-ring (bicyclic) bond motifs is 7. The van der Waals surface area contributed by atoms with Gasteiger partial charge in [-0.2, -0.15) is 0 Å². The Hall–Kier alpha value is -5.06. The predicted molar refractivity (Wildman–Crippen MR) is 263 cm³/mol. The van der Waals surface area contributed by atoms with E-state index in [4.69, 9.17) is 0 Å². The van der Waals surface area contributed by atoms with E-state index < -0.39 is 0 Å². The van der Waals surface area contributed by atoms with E-state index >= 15 is 0 Å². The van der Waals surface area contributed by atoms with Crippen molar-refractivity contribution in [3.05, 3.63) is 149 Å². The van der Waals surface area contributed by atoms with E-state index in [-0.39, 0.29) is 28.4 Å². The molecule has 0 bridgehead atoms. The molecule has 6 aromatic carbocycles. The summed E-state index contributed by atoms with van der Waals surface area (Å²) in [7, 11) is 0. The monoisotopic (exact) mass is 802 g/mol. The SMILES string of the molecule is Cc1cc2c3c(c1)N(c1ccc(C(C)(C)C)cc1)c1c(sc4ccc(C(C)(C)C)cc14)B3c1cc3c(cc1N2c1ccccc1-c1ccccc1C)C(C)(C)CCC3(C)C. The maximum absolute atomic E-state index is 2.68. The number of hydrogen-bond acceptors (Lipinski definition) is 3. The second kappa shape index (κ2) is 13.2. The number of benzene rings is 6. The van der Waals surface area contributed by atoms with Gasteiger partial charge in [-0.3, -0.25) is 0 Å². The van der Waals surface area contributed by atoms with E-state index in [9.17, 15) is 0 Å². The Kier molecular flexibility index (Phi) is 8.62. The van der Waals surface area contributed by atoms with Crippen LogP contribution in [-0.4, -0.2) is 6.71 Å². The van der Waals surface area contributed by atoms with E-state index in [2.05, 4.69) is 208 Å². The topological polar surface area (TPSA) is 6.48 Å². The summed E-state index contributed by atoms with van der Waals surface area (Å²) in [5.41, 5.74) is 21.5. The molecular weight excluding hydrogens is 744 g/mol. The Bertz CT molecular complexity index is 2880. The van der Waals surface area contributed by atoms with Crippen LogP contribution in [0.2, 0.25) is 0 Å². The zero-order valence-corrected chi connectivity index (χ0v) is 38.6. The minimum Gasteiger partial charge on any atom is -0.311 e. The van der Waals surface area contributed by atoms with Gasteiger partial charge in [0.1, 0.15) is 0 Å². The van der Waals surface area contributed by atoms with Crippen molar-refractivity contribution in [2.45, 2.75) is 118 Å². The fourth-order valence-electron chi connectivity index (χ4n) is 10.6. The zero-order valence-electron chi connectivity index (χ0n) is 37.8. The molecule has 2 nitrogen and oxygen atoms in total. The normalized spacial score (nSPS) is 16.4. The van der Waals surface area contributed by atoms with Crippen molar-refractivity contribution in [1.29, 1.82) is 0 Å². The maximum Gasteiger partial charge on any atom is 0.264 e. The first-order valence-corrected chi connectivity index (χ1v) is 22.9. The van der Waals surface area contributed by atoms with Crippen molar-refractivity contribution in [1.82, 2.24) is 0 Å². The maximum atomic E-state index is 2.68. The van der Waals surface area contributed by atoms with Gasteiger partial charge in [-0.1, -0.05) is 136 Å². The predicted octanol–water partition coefficient (Wildman–Crippen LogP) is 14.2. The second-order valence-electron chi connectivity index (χ2n) is 21.4. The Balaban J connectivity index is 1.35. The molecule has 302 valence electrons. The van der Waals surface area contributed by atoms with Gasteiger partial charge in [0.25, 0.3) is 6.71 Å². The fourth-order valence-corrected chi connectivity index (χ4v) is 11.9. The molecule has 0 unspecified atom stereocenters. The van der Waals surface area contributed by atoms with Crippen LogP contribution in [0.5, 0.6) is 0 Å². The molecule has 0 atom stereocenters. The van der Waals surface area contributed by atoms with Gasteiger partial charge in [0, 0.05) is 43.2 Å². The average molecular weight is 803 g/mol. The summed E-state index contributed by atoms with van der Waals surface area (Å²) >= 11 is 2.01. The minimum atomic E-state index is 0.0262. The third-order valence-corrected chi connectivity index (χ3v) is 15.4. The number of hydrogen-bond donors (Lipinski definition) is 0. The first kappa shape index (κ1) is 39.1. The van der Waals surface area contributed by atoms with Crippen LogP contribution >= 0.6 is 11.3 Å². The molecule has 0 saturated carbocycles. The molecular formula is C56H59BN2S. The fraction of sp³-hybridized carbons (Fsp3) is 0.321. The molecule has 2 aliphatic heterocycles. The highest BCUT2D eigenvalue weighted by atomic mass is 32.1. The van der Waals surface area contributed by atoms with E-state index in [1.165, 1.54) is 117 Å². The van der Waals surface area contributed by atoms with Gasteiger partial charge >= 0.3 is 0 Å². The van der Waals surface area contributed by atoms with Crippen molar-refractivity contribution in [3.8, 4) is 11.1 Å². The van der Waals surface area contributed by atoms with Crippen molar-refractivity contribution in [2.75, 3.05) is 9.80 Å². The first-order valence-electron chi connectivity index (χ1n) is 22.1. The Morgan fingerprint density at radius 2 is 1.15 bits per heavy atom. The molecule has 7 aromatic rings. The highest BCUT2D eigenvalue weighted by Gasteiger charge is 2.48. The van der Waals surface area contributed by atoms with Crippen molar-refractivity contribution < 1.29 is 0 Å². The van der Waals surface area contributed by atoms with E-state index in [1.54, 1.807) is 0 Å². The van der Waals surface area contributed by atoms with Gasteiger partial charge in [0.05, 0.1) is 11.4 Å². The number of thiophene rings is 1. The highest BCUT2D eigenvalue weighted by molar-refractivity contribution is 7.33. The van der Waals surface area contributed by atoms with Crippen molar-refractivity contribution in [3.63, 3.8) is 0 Å². The van der Waals surface area contributed by atoms with Gasteiger partial charge < -0.3 is 9.80 Å². The standard InChI is InChI=1S/C56H59BN2S/c1-34-29-47-50-48(30-34)59(45-20-16-15-19-40(45)39-18-14-13-17-35(39)2)46-33-43-42(55(9,10)27-28-56(43,11)12)32-44(46)57(50)52-51(41-31-37(54(6,7)8)23-26-49(41)60-52)58(47)38-24-21-36(22-25-38)53(3,4)5/h13-26,29-33H,27-28H2,1-12H3. The van der Waals surface area contributed by atoms with Crippen LogP contribution in [0, 0.1) is 13.8 Å². The number of aryl methyl sites for hydroxylation is 2. The number of rotatable bonds is 3. The summed E-state index contributed by atoms with van der Waals surface area (Å²) in [6, 6.07) is 45.0. The summed E-state index contributed by atoms with van der Waals surface area (Å²) in [5, 5.41) is 1.35. The van der Waals surface area contributed by atoms with Gasteiger partial charge in [0.15, 0.2) is 0 Å². The smallest absolute Gasteiger partial charge is 0.264 e. The molecule has 0 amide bonds. The molecule has 0 saturated heterocycles. The lowest BCUT2D eigenvalue weighted by atomic mass is 9.35. The largest absolute Gasteiger partial charge is 0.311 e. The number of anilines is 6. The molecule has 3 aliphatic rings. The Morgan fingerprint density at radius 3 is 1.80 bits per heavy atom. The van der Waals surface area contributed by atoms with Crippen LogP contribution in [0.1, 0.15) is 115 Å². The summed E-state index contributed by atoms with van der Waals surface area (Å²) in [4.78, 5) is 5.30. The van der Waals surface area contributed by atoms with E-state index in [0.29, 0.717) is 0 Å². The summed E-state index contributed by atoms with van der Waals surface area (Å²) < 4.78 is 2.79. The van der Waals surface area contributed by atoms with Crippen LogP contribution in [0.3, 0.4) is 0 Å². The van der Waals surface area contributed by atoms with Crippen LogP contribution in [0.15, 0.2) is 115 Å². The second-order valence-corrected chi connectivity index (χ2v) is 22.5. The van der Waals surface area contributed by atoms with Gasteiger partial charge in [-0.05, 0) is 147 Å². The van der Waals surface area contributed by atoms with Gasteiger partial charge in [-0.25, -0.2) is 0 Å². The zero-order chi connectivity index (χ0) is 42.3. The van der Waals surface area contributed by atoms with Gasteiger partial charge in [-0.15, -0.1) is 11.3 Å². The lowest BCUT2D eigenvalue weighted by molar-refractivity contribution is 0.332. The van der Waals surface area contributed by atoms with Gasteiger partial charge in [0.2, 0.25) is 0 Å². The van der Waals surface area contributed by atoms with Crippen molar-refractivity contribution in [2.24, 2.45) is 0 Å². The molecule has 10 rings (SSSR count). The van der Waals surface area contributed by atoms with Crippen LogP contribution in [-0.2, 0) is 21.7 Å². The number of nitrogens with zero attached hydrogens (tertiary/aromatic N) is 2. The average Bonchev–Trinajstić information content (AvgIpc) is 3.57. The summed E-state index contributed by atoms with van der Waals surface area (Å²) in [5.74, 6) is 0. The molecule has 3 heterocycles. The molecule has 0 N–H and O–H groups in total. The lowest BCUT2D eigenvalue weighted by Gasteiger charge is -2.47. The van der Waals surface area contributed by atoms with Crippen LogP contribution in [0.4, 0.5) is 34.1 Å². The Labute approximate surface area is 363 Å². The lowest BCUT2D eigenvalue weighted by Crippen LogP contribution is -2.61. The minimum absolute atomic E-state index is 0.0262. The number of para-hydroxylation sites is 1. The third-order valence-electron chi connectivity index (χ3n) is 14.2. The molecule has 0 fully saturated rings. The van der Waals surface area contributed by atoms with E-state index in [0.717, 1.165) is 0 Å². The Morgan fingerprint density at radius 1 is 0.567 bits per heavy atom. The molecule has 4 heteroatoms.